The summed E-state index contributed by atoms with van der Waals surface area (Å²) in [6.07, 6.45) is 0. The van der Waals surface area contributed by atoms with E-state index in [0.29, 0.717) is 0 Å². The number of rotatable bonds is 0. The maximum absolute atomic E-state index is 5.00. The van der Waals surface area contributed by atoms with Gasteiger partial charge in [-0.25, -0.2) is 0 Å². The molecule has 1 saturated heterocycles. The van der Waals surface area contributed by atoms with Gasteiger partial charge in [-0.2, -0.15) is 0 Å². The molecule has 1 aliphatic rings. The summed E-state index contributed by atoms with van der Waals surface area (Å²) in [4.78, 5) is 0. The molecular formula is C2H4AsOS. The van der Waals surface area contributed by atoms with E-state index in [9.17, 15) is 0 Å². The Kier molecular flexibility index (Phi) is 1.71. The van der Waals surface area contributed by atoms with Gasteiger partial charge < -0.3 is 0 Å². The second-order valence-electron chi connectivity index (χ2n) is 0.741. The Hall–Kier alpha value is 0.868. The van der Waals surface area contributed by atoms with Crippen LogP contribution in [0.1, 0.15) is 0 Å². The number of hydrogen-bond donors (Lipinski definition) is 0. The summed E-state index contributed by atoms with van der Waals surface area (Å²) >= 11 is 0.271. The monoisotopic (exact) mass is 151 g/mol. The summed E-state index contributed by atoms with van der Waals surface area (Å²) in [5.74, 6) is 1.24. The maximum atomic E-state index is 5.00. The van der Waals surface area contributed by atoms with Gasteiger partial charge in [0.25, 0.3) is 0 Å². The van der Waals surface area contributed by atoms with Crippen molar-refractivity contribution in [1.82, 2.24) is 0 Å². The van der Waals surface area contributed by atoms with Crippen LogP contribution in [-0.2, 0) is 3.73 Å². The first kappa shape index (κ1) is 4.04. The van der Waals surface area contributed by atoms with E-state index in [1.54, 1.807) is 0 Å². The van der Waals surface area contributed by atoms with E-state index in [-0.39, 0.29) is 14.9 Å². The van der Waals surface area contributed by atoms with Gasteiger partial charge in [0.2, 0.25) is 0 Å². The van der Waals surface area contributed by atoms with Crippen molar-refractivity contribution < 1.29 is 3.73 Å². The van der Waals surface area contributed by atoms with Gasteiger partial charge in [0.05, 0.1) is 0 Å². The summed E-state index contributed by atoms with van der Waals surface area (Å²) < 4.78 is 5.00. The van der Waals surface area contributed by atoms with Crippen LogP contribution in [0, 0.1) is 0 Å². The average Bonchev–Trinajstić information content (AvgIpc) is 1.76. The molecule has 29 valence electrons. The van der Waals surface area contributed by atoms with Gasteiger partial charge in [-0.15, -0.1) is 0 Å². The molecule has 0 aromatic heterocycles. The molecule has 1 aliphatic heterocycles. The first-order chi connectivity index (χ1) is 2.50. The van der Waals surface area contributed by atoms with Gasteiger partial charge in [-0.3, -0.25) is 0 Å². The van der Waals surface area contributed by atoms with Gasteiger partial charge in [-0.1, -0.05) is 0 Å². The Labute approximate surface area is 41.5 Å². The van der Waals surface area contributed by atoms with E-state index < -0.39 is 0 Å². The Morgan fingerprint density at radius 2 is 2.80 bits per heavy atom. The standard InChI is InChI=1S/C2H4AsOS/c1-2-5-3-4-1/h1-2H2. The van der Waals surface area contributed by atoms with Crippen LogP contribution in [0.15, 0.2) is 0 Å². The third kappa shape index (κ3) is 1.16. The Balaban J connectivity index is 2.08. The van der Waals surface area contributed by atoms with E-state index >= 15 is 0 Å². The number of hydrogen-bond acceptors (Lipinski definition) is 2. The third-order valence-electron chi connectivity index (χ3n) is 0.371. The molecule has 1 fully saturated rings. The van der Waals surface area contributed by atoms with Crippen LogP contribution in [0.5, 0.6) is 0 Å². The van der Waals surface area contributed by atoms with Crippen molar-refractivity contribution >= 4 is 25.0 Å². The fourth-order valence-corrected chi connectivity index (χ4v) is 2.90. The SMILES string of the molecule is C1CS[As]O1. The summed E-state index contributed by atoms with van der Waals surface area (Å²) in [5, 5.41) is 0. The molecule has 1 nitrogen and oxygen atoms in total. The molecule has 0 aromatic rings. The van der Waals surface area contributed by atoms with Crippen molar-refractivity contribution in [3.05, 3.63) is 0 Å². The predicted molar refractivity (Wildman–Crippen MR) is 24.2 cm³/mol. The first-order valence-electron chi connectivity index (χ1n) is 1.44. The quantitative estimate of drug-likeness (QED) is 0.460. The molecule has 0 amide bonds. The zero-order valence-electron chi connectivity index (χ0n) is 2.68. The molecule has 0 unspecified atom stereocenters. The molecule has 0 N–H and O–H groups in total. The second-order valence-corrected chi connectivity index (χ2v) is 4.66. The van der Waals surface area contributed by atoms with Gasteiger partial charge in [0.1, 0.15) is 0 Å². The zero-order chi connectivity index (χ0) is 3.54. The van der Waals surface area contributed by atoms with E-state index in [1.165, 1.54) is 5.75 Å². The summed E-state index contributed by atoms with van der Waals surface area (Å²) in [6, 6.07) is 0. The van der Waals surface area contributed by atoms with Crippen molar-refractivity contribution in [2.75, 3.05) is 12.4 Å². The molecule has 0 saturated carbocycles. The van der Waals surface area contributed by atoms with Crippen molar-refractivity contribution in [2.45, 2.75) is 0 Å². The van der Waals surface area contributed by atoms with Gasteiger partial charge in [0, 0.05) is 0 Å². The molecule has 1 rings (SSSR count). The zero-order valence-corrected chi connectivity index (χ0v) is 5.37. The normalized spacial score (nSPS) is 28.8. The minimum atomic E-state index is 0.271. The van der Waals surface area contributed by atoms with Crippen LogP contribution in [0.25, 0.3) is 0 Å². The summed E-state index contributed by atoms with van der Waals surface area (Å²) in [6.45, 7) is 1.00. The fraction of sp³-hybridized carbons (Fsp3) is 1.00. The molecule has 0 bridgehead atoms. The van der Waals surface area contributed by atoms with Crippen LogP contribution in [-0.4, -0.2) is 27.3 Å². The molecular weight excluding hydrogens is 147 g/mol. The second kappa shape index (κ2) is 2.12. The van der Waals surface area contributed by atoms with Crippen molar-refractivity contribution in [1.29, 1.82) is 0 Å². The Morgan fingerprint density at radius 1 is 1.80 bits per heavy atom. The summed E-state index contributed by atoms with van der Waals surface area (Å²) in [5.41, 5.74) is 0. The van der Waals surface area contributed by atoms with Crippen molar-refractivity contribution in [2.24, 2.45) is 0 Å². The van der Waals surface area contributed by atoms with Crippen LogP contribution < -0.4 is 0 Å². The van der Waals surface area contributed by atoms with Crippen molar-refractivity contribution in [3.8, 4) is 0 Å². The topological polar surface area (TPSA) is 9.23 Å². The van der Waals surface area contributed by atoms with E-state index in [0.717, 1.165) is 6.61 Å². The third-order valence-corrected chi connectivity index (χ3v) is 3.79. The molecule has 1 heterocycles. The van der Waals surface area contributed by atoms with Crippen LogP contribution in [0.3, 0.4) is 0 Å². The molecule has 0 aromatic carbocycles. The van der Waals surface area contributed by atoms with Crippen LogP contribution in [0.4, 0.5) is 0 Å². The van der Waals surface area contributed by atoms with Crippen LogP contribution in [0.2, 0.25) is 0 Å². The summed E-state index contributed by atoms with van der Waals surface area (Å²) in [7, 11) is 1.95. The predicted octanol–water partition coefficient (Wildman–Crippen LogP) is 0.284. The molecule has 0 atom stereocenters. The molecule has 0 aliphatic carbocycles. The molecule has 3 heteroatoms. The van der Waals surface area contributed by atoms with Gasteiger partial charge in [-0.05, 0) is 0 Å². The molecule has 5 heavy (non-hydrogen) atoms. The first-order valence-corrected chi connectivity index (χ1v) is 5.45. The van der Waals surface area contributed by atoms with Crippen molar-refractivity contribution in [3.63, 3.8) is 0 Å². The van der Waals surface area contributed by atoms with Gasteiger partial charge >= 0.3 is 41.0 Å². The van der Waals surface area contributed by atoms with E-state index in [2.05, 4.69) is 0 Å². The molecule has 0 spiro atoms. The van der Waals surface area contributed by atoms with E-state index in [4.69, 9.17) is 3.73 Å². The Bertz CT molecular complexity index is 21.2. The van der Waals surface area contributed by atoms with Gasteiger partial charge in [0.15, 0.2) is 0 Å². The Morgan fingerprint density at radius 3 is 3.00 bits per heavy atom. The van der Waals surface area contributed by atoms with Crippen LogP contribution >= 0.6 is 10.0 Å². The fourth-order valence-electron chi connectivity index (χ4n) is 0.186. The van der Waals surface area contributed by atoms with E-state index in [1.807, 2.05) is 10.0 Å². The molecule has 1 radical (unpaired) electrons. The average molecular weight is 151 g/mol. The minimum absolute atomic E-state index is 0.271.